The molecule has 0 aliphatic carbocycles. The van der Waals surface area contributed by atoms with Crippen molar-refractivity contribution in [3.05, 3.63) is 41.5 Å². The van der Waals surface area contributed by atoms with E-state index in [9.17, 15) is 5.11 Å². The predicted molar refractivity (Wildman–Crippen MR) is 66.9 cm³/mol. The van der Waals surface area contributed by atoms with Crippen LogP contribution in [0.1, 0.15) is 11.1 Å². The van der Waals surface area contributed by atoms with Crippen LogP contribution >= 0.6 is 0 Å². The Kier molecular flexibility index (Phi) is 1.75. The number of fused-ring (bicyclic) bond motifs is 3. The first-order valence-electron chi connectivity index (χ1n) is 5.38. The van der Waals surface area contributed by atoms with E-state index in [1.165, 1.54) is 5.56 Å². The Hall–Kier alpha value is -1.96. The van der Waals surface area contributed by atoms with Crippen molar-refractivity contribution >= 4 is 21.8 Å². The van der Waals surface area contributed by atoms with Gasteiger partial charge in [-0.3, -0.25) is 0 Å². The van der Waals surface area contributed by atoms with Crippen LogP contribution in [0, 0.1) is 13.8 Å². The zero-order chi connectivity index (χ0) is 11.3. The standard InChI is InChI=1S/C14H13NO/c1-8-7-12(16)13-10-5-3-4-6-11(10)15-14(13)9(8)2/h3-7,15-16H,1-2H3. The number of H-pyrrole nitrogens is 1. The van der Waals surface area contributed by atoms with Crippen molar-refractivity contribution in [1.29, 1.82) is 0 Å². The summed E-state index contributed by atoms with van der Waals surface area (Å²) in [5.41, 5.74) is 4.42. The smallest absolute Gasteiger partial charge is 0.125 e. The van der Waals surface area contributed by atoms with Crippen LogP contribution in [-0.2, 0) is 0 Å². The van der Waals surface area contributed by atoms with Gasteiger partial charge in [0.2, 0.25) is 0 Å². The van der Waals surface area contributed by atoms with Gasteiger partial charge in [0, 0.05) is 16.3 Å². The molecule has 2 nitrogen and oxygen atoms in total. The van der Waals surface area contributed by atoms with E-state index in [1.54, 1.807) is 0 Å². The highest BCUT2D eigenvalue weighted by Crippen LogP contribution is 2.35. The fraction of sp³-hybridized carbons (Fsp3) is 0.143. The molecule has 16 heavy (non-hydrogen) atoms. The maximum Gasteiger partial charge on any atom is 0.125 e. The Morgan fingerprint density at radius 1 is 1.12 bits per heavy atom. The summed E-state index contributed by atoms with van der Waals surface area (Å²) in [5, 5.41) is 12.1. The topological polar surface area (TPSA) is 36.0 Å². The van der Waals surface area contributed by atoms with Gasteiger partial charge in [0.25, 0.3) is 0 Å². The minimum atomic E-state index is 0.357. The number of para-hydroxylation sites is 1. The molecule has 2 heteroatoms. The lowest BCUT2D eigenvalue weighted by molar-refractivity contribution is 0.481. The average molecular weight is 211 g/mol. The van der Waals surface area contributed by atoms with Gasteiger partial charge < -0.3 is 10.1 Å². The first-order valence-corrected chi connectivity index (χ1v) is 5.38. The first kappa shape index (κ1) is 9.28. The number of hydrogen-bond donors (Lipinski definition) is 2. The Balaban J connectivity index is 2.64. The van der Waals surface area contributed by atoms with Gasteiger partial charge in [-0.25, -0.2) is 0 Å². The average Bonchev–Trinajstić information content (AvgIpc) is 2.65. The number of phenols is 1. The van der Waals surface area contributed by atoms with E-state index >= 15 is 0 Å². The summed E-state index contributed by atoms with van der Waals surface area (Å²) >= 11 is 0. The van der Waals surface area contributed by atoms with Crippen LogP contribution in [-0.4, -0.2) is 10.1 Å². The number of nitrogens with one attached hydrogen (secondary N) is 1. The van der Waals surface area contributed by atoms with Gasteiger partial charge in [0.05, 0.1) is 5.52 Å². The van der Waals surface area contributed by atoms with Gasteiger partial charge in [0.15, 0.2) is 0 Å². The minimum Gasteiger partial charge on any atom is -0.507 e. The van der Waals surface area contributed by atoms with Crippen LogP contribution < -0.4 is 0 Å². The molecular weight excluding hydrogens is 198 g/mol. The molecule has 1 aromatic heterocycles. The van der Waals surface area contributed by atoms with E-state index in [0.717, 1.165) is 27.4 Å². The van der Waals surface area contributed by atoms with Crippen LogP contribution in [0.15, 0.2) is 30.3 Å². The predicted octanol–water partition coefficient (Wildman–Crippen LogP) is 3.64. The first-order chi connectivity index (χ1) is 7.68. The lowest BCUT2D eigenvalue weighted by Crippen LogP contribution is -1.83. The summed E-state index contributed by atoms with van der Waals surface area (Å²) in [5.74, 6) is 0.357. The molecule has 0 spiro atoms. The zero-order valence-electron chi connectivity index (χ0n) is 9.33. The van der Waals surface area contributed by atoms with Crippen LogP contribution in [0.4, 0.5) is 0 Å². The Bertz CT molecular complexity index is 695. The van der Waals surface area contributed by atoms with Crippen LogP contribution in [0.5, 0.6) is 5.75 Å². The number of aromatic amines is 1. The molecule has 0 saturated heterocycles. The molecular formula is C14H13NO. The van der Waals surface area contributed by atoms with Crippen LogP contribution in [0.3, 0.4) is 0 Å². The lowest BCUT2D eigenvalue weighted by Gasteiger charge is -2.03. The second kappa shape index (κ2) is 3.01. The number of rotatable bonds is 0. The number of benzene rings is 2. The summed E-state index contributed by atoms with van der Waals surface area (Å²) < 4.78 is 0. The fourth-order valence-electron chi connectivity index (χ4n) is 2.27. The number of phenolic OH excluding ortho intramolecular Hbond substituents is 1. The maximum atomic E-state index is 10.0. The molecule has 0 bridgehead atoms. The highest BCUT2D eigenvalue weighted by Gasteiger charge is 2.11. The van der Waals surface area contributed by atoms with Crippen molar-refractivity contribution in [1.82, 2.24) is 4.98 Å². The molecule has 0 atom stereocenters. The zero-order valence-corrected chi connectivity index (χ0v) is 9.33. The van der Waals surface area contributed by atoms with E-state index in [1.807, 2.05) is 37.3 Å². The maximum absolute atomic E-state index is 10.0. The molecule has 3 rings (SSSR count). The third-order valence-corrected chi connectivity index (χ3v) is 3.28. The van der Waals surface area contributed by atoms with Crippen molar-refractivity contribution in [3.63, 3.8) is 0 Å². The molecule has 80 valence electrons. The second-order valence-electron chi connectivity index (χ2n) is 4.26. The van der Waals surface area contributed by atoms with E-state index in [-0.39, 0.29) is 0 Å². The normalized spacial score (nSPS) is 11.4. The molecule has 2 N–H and O–H groups in total. The molecule has 0 radical (unpaired) electrons. The van der Waals surface area contributed by atoms with Crippen molar-refractivity contribution in [2.24, 2.45) is 0 Å². The van der Waals surface area contributed by atoms with Gasteiger partial charge >= 0.3 is 0 Å². The lowest BCUT2D eigenvalue weighted by atomic mass is 10.0. The molecule has 0 amide bonds. The summed E-state index contributed by atoms with van der Waals surface area (Å²) in [6.07, 6.45) is 0. The molecule has 1 heterocycles. The quantitative estimate of drug-likeness (QED) is 0.585. The molecule has 0 aliphatic rings. The van der Waals surface area contributed by atoms with Crippen molar-refractivity contribution in [2.75, 3.05) is 0 Å². The van der Waals surface area contributed by atoms with Crippen LogP contribution in [0.25, 0.3) is 21.8 Å². The minimum absolute atomic E-state index is 0.357. The van der Waals surface area contributed by atoms with Crippen molar-refractivity contribution < 1.29 is 5.11 Å². The third-order valence-electron chi connectivity index (χ3n) is 3.28. The highest BCUT2D eigenvalue weighted by molar-refractivity contribution is 6.11. The molecule has 0 saturated carbocycles. The third kappa shape index (κ3) is 1.07. The number of aromatic nitrogens is 1. The Morgan fingerprint density at radius 2 is 1.88 bits per heavy atom. The van der Waals surface area contributed by atoms with E-state index in [0.29, 0.717) is 5.75 Å². The van der Waals surface area contributed by atoms with Gasteiger partial charge in [-0.2, -0.15) is 0 Å². The number of aryl methyl sites for hydroxylation is 2. The fourth-order valence-corrected chi connectivity index (χ4v) is 2.27. The van der Waals surface area contributed by atoms with E-state index in [2.05, 4.69) is 11.9 Å². The van der Waals surface area contributed by atoms with E-state index in [4.69, 9.17) is 0 Å². The summed E-state index contributed by atoms with van der Waals surface area (Å²) in [7, 11) is 0. The Labute approximate surface area is 93.5 Å². The largest absolute Gasteiger partial charge is 0.507 e. The van der Waals surface area contributed by atoms with Crippen LogP contribution in [0.2, 0.25) is 0 Å². The van der Waals surface area contributed by atoms with Gasteiger partial charge in [-0.1, -0.05) is 18.2 Å². The van der Waals surface area contributed by atoms with Gasteiger partial charge in [0.1, 0.15) is 5.75 Å². The molecule has 3 aromatic rings. The molecule has 0 fully saturated rings. The number of hydrogen-bond acceptors (Lipinski definition) is 1. The molecule has 2 aromatic carbocycles. The summed E-state index contributed by atoms with van der Waals surface area (Å²) in [6, 6.07) is 9.88. The van der Waals surface area contributed by atoms with Gasteiger partial charge in [-0.15, -0.1) is 0 Å². The summed E-state index contributed by atoms with van der Waals surface area (Å²) in [6.45, 7) is 4.09. The summed E-state index contributed by atoms with van der Waals surface area (Å²) in [4.78, 5) is 3.37. The van der Waals surface area contributed by atoms with Gasteiger partial charge in [-0.05, 0) is 37.1 Å². The molecule has 0 unspecified atom stereocenters. The SMILES string of the molecule is Cc1cc(O)c2c([nH]c3ccccc32)c1C. The molecule has 0 aliphatic heterocycles. The van der Waals surface area contributed by atoms with E-state index < -0.39 is 0 Å². The highest BCUT2D eigenvalue weighted by atomic mass is 16.3. The van der Waals surface area contributed by atoms with Crippen molar-refractivity contribution in [3.8, 4) is 5.75 Å². The van der Waals surface area contributed by atoms with Crippen molar-refractivity contribution in [2.45, 2.75) is 13.8 Å². The number of aromatic hydroxyl groups is 1. The monoisotopic (exact) mass is 211 g/mol. The second-order valence-corrected chi connectivity index (χ2v) is 4.26. The Morgan fingerprint density at radius 3 is 2.69 bits per heavy atom.